The summed E-state index contributed by atoms with van der Waals surface area (Å²) in [6, 6.07) is 10.8. The number of halogens is 1. The van der Waals surface area contributed by atoms with Crippen molar-refractivity contribution in [3.8, 4) is 0 Å². The maximum Gasteiger partial charge on any atom is 0.243 e. The number of hydrogen-bond donors (Lipinski definition) is 1. The molecule has 0 fully saturated rings. The topological polar surface area (TPSA) is 66.5 Å². The molecule has 0 aliphatic carbocycles. The Bertz CT molecular complexity index is 957. The molecule has 0 atom stereocenters. The lowest BCUT2D eigenvalue weighted by atomic mass is 10.1. The van der Waals surface area contributed by atoms with E-state index in [4.69, 9.17) is 0 Å². The molecule has 144 valence electrons. The van der Waals surface area contributed by atoms with Gasteiger partial charge in [0, 0.05) is 25.2 Å². The molecule has 1 aliphatic rings. The standard InChI is InChI=1S/C20H23FN2O3S/c1-14(2)11-20(24)23-10-9-16-12-15(7-8-18(16)23)13-22-27(25,26)19-6-4-3-5-17(19)21/h3-8,12,14,22H,9-11,13H2,1-2H3. The largest absolute Gasteiger partial charge is 0.312 e. The predicted molar refractivity (Wildman–Crippen MR) is 102 cm³/mol. The molecule has 0 radical (unpaired) electrons. The number of nitrogens with zero attached hydrogens (tertiary/aromatic N) is 1. The average molecular weight is 390 g/mol. The molecule has 27 heavy (non-hydrogen) atoms. The highest BCUT2D eigenvalue weighted by Crippen LogP contribution is 2.30. The third-order valence-corrected chi connectivity index (χ3v) is 5.95. The second-order valence-electron chi connectivity index (χ2n) is 7.11. The number of nitrogens with one attached hydrogen (secondary N) is 1. The molecule has 5 nitrogen and oxygen atoms in total. The van der Waals surface area contributed by atoms with Gasteiger partial charge in [0.25, 0.3) is 0 Å². The molecule has 0 unspecified atom stereocenters. The molecule has 0 saturated heterocycles. The molecule has 2 aromatic carbocycles. The number of carbonyl (C=O) groups excluding carboxylic acids is 1. The second kappa shape index (κ2) is 7.78. The number of benzene rings is 2. The summed E-state index contributed by atoms with van der Waals surface area (Å²) < 4.78 is 40.8. The quantitative estimate of drug-likeness (QED) is 0.823. The first-order valence-electron chi connectivity index (χ1n) is 8.94. The Morgan fingerprint density at radius 3 is 2.67 bits per heavy atom. The SMILES string of the molecule is CC(C)CC(=O)N1CCc2cc(CNS(=O)(=O)c3ccccc3F)ccc21. The number of rotatable bonds is 6. The van der Waals surface area contributed by atoms with Gasteiger partial charge in [0.05, 0.1) is 0 Å². The van der Waals surface area contributed by atoms with Crippen molar-refractivity contribution in [2.75, 3.05) is 11.4 Å². The Labute approximate surface area is 159 Å². The first-order valence-corrected chi connectivity index (χ1v) is 10.4. The van der Waals surface area contributed by atoms with E-state index in [1.54, 1.807) is 11.0 Å². The Morgan fingerprint density at radius 1 is 1.22 bits per heavy atom. The molecule has 1 N–H and O–H groups in total. The first kappa shape index (κ1) is 19.5. The van der Waals surface area contributed by atoms with Gasteiger partial charge in [0.1, 0.15) is 10.7 Å². The van der Waals surface area contributed by atoms with Gasteiger partial charge in [0.2, 0.25) is 15.9 Å². The molecule has 1 amide bonds. The fourth-order valence-electron chi connectivity index (χ4n) is 3.20. The zero-order valence-corrected chi connectivity index (χ0v) is 16.2. The van der Waals surface area contributed by atoms with Crippen molar-refractivity contribution in [1.82, 2.24) is 4.72 Å². The van der Waals surface area contributed by atoms with Crippen LogP contribution in [0.4, 0.5) is 10.1 Å². The number of amides is 1. The van der Waals surface area contributed by atoms with Crippen LogP contribution >= 0.6 is 0 Å². The van der Waals surface area contributed by atoms with Crippen LogP contribution in [0.2, 0.25) is 0 Å². The average Bonchev–Trinajstić information content (AvgIpc) is 3.03. The van der Waals surface area contributed by atoms with Gasteiger partial charge in [-0.2, -0.15) is 0 Å². The second-order valence-corrected chi connectivity index (χ2v) is 8.85. The lowest BCUT2D eigenvalue weighted by Gasteiger charge is -2.18. The summed E-state index contributed by atoms with van der Waals surface area (Å²) in [4.78, 5) is 13.8. The molecule has 1 heterocycles. The number of carbonyl (C=O) groups is 1. The lowest BCUT2D eigenvalue weighted by molar-refractivity contribution is -0.119. The summed E-state index contributed by atoms with van der Waals surface area (Å²) in [5.74, 6) is -0.372. The van der Waals surface area contributed by atoms with Crippen molar-refractivity contribution in [2.45, 2.75) is 38.1 Å². The van der Waals surface area contributed by atoms with Crippen molar-refractivity contribution in [2.24, 2.45) is 5.92 Å². The molecule has 3 rings (SSSR count). The van der Waals surface area contributed by atoms with Crippen LogP contribution in [0, 0.1) is 11.7 Å². The Kier molecular flexibility index (Phi) is 5.62. The molecule has 0 bridgehead atoms. The summed E-state index contributed by atoms with van der Waals surface area (Å²) in [5, 5.41) is 0. The predicted octanol–water partition coefficient (Wildman–Crippen LogP) is 3.24. The minimum atomic E-state index is -3.93. The number of hydrogen-bond acceptors (Lipinski definition) is 3. The van der Waals surface area contributed by atoms with Gasteiger partial charge in [-0.05, 0) is 41.7 Å². The van der Waals surface area contributed by atoms with Crippen molar-refractivity contribution in [3.63, 3.8) is 0 Å². The van der Waals surface area contributed by atoms with Crippen molar-refractivity contribution < 1.29 is 17.6 Å². The van der Waals surface area contributed by atoms with Crippen LogP contribution in [0.1, 0.15) is 31.4 Å². The van der Waals surface area contributed by atoms with Crippen LogP contribution in [0.3, 0.4) is 0 Å². The minimum absolute atomic E-state index is 0.0594. The third-order valence-electron chi connectivity index (χ3n) is 4.52. The molecule has 1 aliphatic heterocycles. The Balaban J connectivity index is 1.72. The van der Waals surface area contributed by atoms with Gasteiger partial charge < -0.3 is 4.90 Å². The fourth-order valence-corrected chi connectivity index (χ4v) is 4.30. The summed E-state index contributed by atoms with van der Waals surface area (Å²) in [5.41, 5.74) is 2.68. The van der Waals surface area contributed by atoms with E-state index in [1.807, 2.05) is 26.0 Å². The van der Waals surface area contributed by atoms with Gasteiger partial charge in [0.15, 0.2) is 0 Å². The van der Waals surface area contributed by atoms with Crippen molar-refractivity contribution >= 4 is 21.6 Å². The number of anilines is 1. The maximum atomic E-state index is 13.7. The number of fused-ring (bicyclic) bond motifs is 1. The maximum absolute atomic E-state index is 13.7. The van der Waals surface area contributed by atoms with Gasteiger partial charge in [-0.15, -0.1) is 0 Å². The molecule has 0 saturated carbocycles. The smallest absolute Gasteiger partial charge is 0.243 e. The molecule has 2 aromatic rings. The van der Waals surface area contributed by atoms with Gasteiger partial charge in [-0.25, -0.2) is 17.5 Å². The van der Waals surface area contributed by atoms with E-state index in [0.29, 0.717) is 18.9 Å². The van der Waals surface area contributed by atoms with E-state index in [0.717, 1.165) is 29.3 Å². The van der Waals surface area contributed by atoms with E-state index in [2.05, 4.69) is 4.72 Å². The van der Waals surface area contributed by atoms with Gasteiger partial charge >= 0.3 is 0 Å². The van der Waals surface area contributed by atoms with Crippen LogP contribution in [0.25, 0.3) is 0 Å². The van der Waals surface area contributed by atoms with Crippen molar-refractivity contribution in [3.05, 3.63) is 59.4 Å². The van der Waals surface area contributed by atoms with Crippen molar-refractivity contribution in [1.29, 1.82) is 0 Å². The van der Waals surface area contributed by atoms with Crippen LogP contribution in [0.5, 0.6) is 0 Å². The van der Waals surface area contributed by atoms with E-state index in [-0.39, 0.29) is 17.3 Å². The highest BCUT2D eigenvalue weighted by Gasteiger charge is 2.25. The summed E-state index contributed by atoms with van der Waals surface area (Å²) >= 11 is 0. The zero-order chi connectivity index (χ0) is 19.6. The Hall–Kier alpha value is -2.25. The summed E-state index contributed by atoms with van der Waals surface area (Å²) in [6.07, 6.45) is 1.25. The lowest BCUT2D eigenvalue weighted by Crippen LogP contribution is -2.29. The summed E-state index contributed by atoms with van der Waals surface area (Å²) in [7, 11) is -3.93. The Morgan fingerprint density at radius 2 is 1.96 bits per heavy atom. The fraction of sp³-hybridized carbons (Fsp3) is 0.350. The van der Waals surface area contributed by atoms with Crippen LogP contribution in [0.15, 0.2) is 47.4 Å². The zero-order valence-electron chi connectivity index (χ0n) is 15.4. The summed E-state index contributed by atoms with van der Waals surface area (Å²) in [6.45, 7) is 4.73. The van der Waals surface area contributed by atoms with Crippen LogP contribution in [-0.2, 0) is 27.8 Å². The molecule has 7 heteroatoms. The molecule has 0 spiro atoms. The highest BCUT2D eigenvalue weighted by atomic mass is 32.2. The van der Waals surface area contributed by atoms with E-state index in [9.17, 15) is 17.6 Å². The van der Waals surface area contributed by atoms with E-state index in [1.165, 1.54) is 18.2 Å². The third kappa shape index (κ3) is 4.36. The van der Waals surface area contributed by atoms with E-state index >= 15 is 0 Å². The van der Waals surface area contributed by atoms with Crippen LogP contribution < -0.4 is 9.62 Å². The normalized spacial score (nSPS) is 13.9. The molecular formula is C20H23FN2O3S. The monoisotopic (exact) mass is 390 g/mol. The molecule has 0 aromatic heterocycles. The van der Waals surface area contributed by atoms with Crippen LogP contribution in [-0.4, -0.2) is 20.9 Å². The van der Waals surface area contributed by atoms with E-state index < -0.39 is 15.8 Å². The van der Waals surface area contributed by atoms with Gasteiger partial charge in [-0.1, -0.05) is 38.1 Å². The number of sulfonamides is 1. The highest BCUT2D eigenvalue weighted by molar-refractivity contribution is 7.89. The minimum Gasteiger partial charge on any atom is -0.312 e. The first-order chi connectivity index (χ1) is 12.8. The molecular weight excluding hydrogens is 367 g/mol. The van der Waals surface area contributed by atoms with Gasteiger partial charge in [-0.3, -0.25) is 4.79 Å².